The Morgan fingerprint density at radius 2 is 1.95 bits per heavy atom. The first-order chi connectivity index (χ1) is 9.65. The first-order valence-corrected chi connectivity index (χ1v) is 7.80. The molecule has 0 amide bonds. The molecule has 2 aromatic heterocycles. The second-order valence-electron chi connectivity index (χ2n) is 5.22. The van der Waals surface area contributed by atoms with E-state index in [0.29, 0.717) is 0 Å². The molecule has 0 aliphatic carbocycles. The average Bonchev–Trinajstić information content (AvgIpc) is 3.04. The Morgan fingerprint density at radius 1 is 1.15 bits per heavy atom. The molecule has 0 fully saturated rings. The Bertz CT molecular complexity index is 726. The number of hydrogen-bond acceptors (Lipinski definition) is 3. The summed E-state index contributed by atoms with van der Waals surface area (Å²) in [7, 11) is 0. The van der Waals surface area contributed by atoms with Crippen LogP contribution >= 0.6 is 11.3 Å². The molecular weight excluding hydrogens is 266 g/mol. The van der Waals surface area contributed by atoms with Crippen molar-refractivity contribution in [2.24, 2.45) is 5.73 Å². The molecule has 2 heterocycles. The molecule has 20 heavy (non-hydrogen) atoms. The molecule has 1 unspecified atom stereocenters. The Morgan fingerprint density at radius 3 is 2.70 bits per heavy atom. The summed E-state index contributed by atoms with van der Waals surface area (Å²) in [6.07, 6.45) is 1.92. The van der Waals surface area contributed by atoms with Crippen molar-refractivity contribution < 1.29 is 4.42 Å². The molecule has 0 radical (unpaired) electrons. The lowest BCUT2D eigenvalue weighted by Crippen LogP contribution is -2.11. The van der Waals surface area contributed by atoms with E-state index in [1.165, 1.54) is 15.3 Å². The fraction of sp³-hybridized carbons (Fsp3) is 0.294. The van der Waals surface area contributed by atoms with Gasteiger partial charge in [0.15, 0.2) is 0 Å². The van der Waals surface area contributed by atoms with Crippen LogP contribution in [0.25, 0.3) is 11.0 Å². The van der Waals surface area contributed by atoms with Gasteiger partial charge in [0.25, 0.3) is 0 Å². The third-order valence-corrected chi connectivity index (χ3v) is 4.80. The first-order valence-electron chi connectivity index (χ1n) is 6.99. The minimum atomic E-state index is -0.0777. The molecule has 1 aromatic carbocycles. The normalized spacial score (nSPS) is 12.9. The van der Waals surface area contributed by atoms with Crippen molar-refractivity contribution >= 4 is 22.3 Å². The van der Waals surface area contributed by atoms with Crippen molar-refractivity contribution in [1.82, 2.24) is 0 Å². The SMILES string of the molecule is CCc1ccc(CC(N)c2cc3cc(C)ccc3o2)s1. The smallest absolute Gasteiger partial charge is 0.134 e. The molecular formula is C17H19NOS. The third-order valence-electron chi connectivity index (χ3n) is 3.54. The van der Waals surface area contributed by atoms with E-state index in [-0.39, 0.29) is 6.04 Å². The van der Waals surface area contributed by atoms with E-state index in [9.17, 15) is 0 Å². The fourth-order valence-corrected chi connectivity index (χ4v) is 3.42. The van der Waals surface area contributed by atoms with Gasteiger partial charge in [-0.25, -0.2) is 0 Å². The largest absolute Gasteiger partial charge is 0.459 e. The minimum absolute atomic E-state index is 0.0777. The molecule has 1 atom stereocenters. The van der Waals surface area contributed by atoms with E-state index < -0.39 is 0 Å². The van der Waals surface area contributed by atoms with E-state index in [0.717, 1.165) is 29.6 Å². The fourth-order valence-electron chi connectivity index (χ4n) is 2.41. The zero-order valence-corrected chi connectivity index (χ0v) is 12.7. The maximum atomic E-state index is 6.29. The lowest BCUT2D eigenvalue weighted by Gasteiger charge is -2.06. The molecule has 0 saturated carbocycles. The van der Waals surface area contributed by atoms with Crippen molar-refractivity contribution in [3.8, 4) is 0 Å². The minimum Gasteiger partial charge on any atom is -0.459 e. The van der Waals surface area contributed by atoms with Crippen LogP contribution in [-0.4, -0.2) is 0 Å². The van der Waals surface area contributed by atoms with Crippen LogP contribution in [0.3, 0.4) is 0 Å². The molecule has 3 heteroatoms. The van der Waals surface area contributed by atoms with Crippen LogP contribution < -0.4 is 5.73 Å². The van der Waals surface area contributed by atoms with Crippen LogP contribution in [0.15, 0.2) is 40.8 Å². The molecule has 2 nitrogen and oxygen atoms in total. The van der Waals surface area contributed by atoms with Crippen molar-refractivity contribution in [2.45, 2.75) is 32.7 Å². The van der Waals surface area contributed by atoms with E-state index >= 15 is 0 Å². The van der Waals surface area contributed by atoms with Crippen LogP contribution in [-0.2, 0) is 12.8 Å². The summed E-state index contributed by atoms with van der Waals surface area (Å²) in [6, 6.07) is 12.6. The van der Waals surface area contributed by atoms with E-state index in [1.54, 1.807) is 0 Å². The monoisotopic (exact) mass is 285 g/mol. The van der Waals surface area contributed by atoms with Gasteiger partial charge in [0.1, 0.15) is 11.3 Å². The Kier molecular flexibility index (Phi) is 3.64. The highest BCUT2D eigenvalue weighted by molar-refractivity contribution is 7.11. The number of benzene rings is 1. The molecule has 0 aliphatic heterocycles. The predicted octanol–water partition coefficient (Wildman–Crippen LogP) is 4.61. The predicted molar refractivity (Wildman–Crippen MR) is 85.3 cm³/mol. The van der Waals surface area contributed by atoms with Gasteiger partial charge in [0.2, 0.25) is 0 Å². The molecule has 3 aromatic rings. The molecule has 0 spiro atoms. The summed E-state index contributed by atoms with van der Waals surface area (Å²) >= 11 is 1.84. The van der Waals surface area contributed by atoms with Gasteiger partial charge >= 0.3 is 0 Å². The summed E-state index contributed by atoms with van der Waals surface area (Å²) in [5.41, 5.74) is 8.45. The zero-order valence-electron chi connectivity index (χ0n) is 11.8. The molecule has 0 aliphatic rings. The number of fused-ring (bicyclic) bond motifs is 1. The number of rotatable bonds is 4. The molecule has 104 valence electrons. The van der Waals surface area contributed by atoms with E-state index in [2.05, 4.69) is 44.2 Å². The molecule has 2 N–H and O–H groups in total. The van der Waals surface area contributed by atoms with Gasteiger partial charge in [-0.3, -0.25) is 0 Å². The highest BCUT2D eigenvalue weighted by atomic mass is 32.1. The number of thiophene rings is 1. The Balaban J connectivity index is 1.82. The highest BCUT2D eigenvalue weighted by Gasteiger charge is 2.14. The van der Waals surface area contributed by atoms with Gasteiger partial charge in [0.05, 0.1) is 6.04 Å². The van der Waals surface area contributed by atoms with Crippen LogP contribution in [0.5, 0.6) is 0 Å². The Labute approximate surface area is 123 Å². The first kappa shape index (κ1) is 13.4. The quantitative estimate of drug-likeness (QED) is 0.760. The van der Waals surface area contributed by atoms with Crippen LogP contribution in [0.4, 0.5) is 0 Å². The van der Waals surface area contributed by atoms with Gasteiger partial charge in [-0.1, -0.05) is 18.6 Å². The van der Waals surface area contributed by atoms with Gasteiger partial charge < -0.3 is 10.2 Å². The lowest BCUT2D eigenvalue weighted by atomic mass is 10.1. The zero-order chi connectivity index (χ0) is 14.1. The van der Waals surface area contributed by atoms with Crippen LogP contribution in [0, 0.1) is 6.92 Å². The molecule has 3 rings (SSSR count). The van der Waals surface area contributed by atoms with Crippen molar-refractivity contribution in [2.75, 3.05) is 0 Å². The number of aryl methyl sites for hydroxylation is 2. The number of furan rings is 1. The average molecular weight is 285 g/mol. The van der Waals surface area contributed by atoms with Gasteiger partial charge in [-0.15, -0.1) is 11.3 Å². The standard InChI is InChI=1S/C17H19NOS/c1-3-13-5-6-14(20-13)10-15(18)17-9-12-8-11(2)4-7-16(12)19-17/h4-9,15H,3,10,18H2,1-2H3. The van der Waals surface area contributed by atoms with Crippen LogP contribution in [0.2, 0.25) is 0 Å². The Hall–Kier alpha value is -1.58. The van der Waals surface area contributed by atoms with E-state index in [1.807, 2.05) is 17.4 Å². The van der Waals surface area contributed by atoms with Crippen molar-refractivity contribution in [1.29, 1.82) is 0 Å². The highest BCUT2D eigenvalue weighted by Crippen LogP contribution is 2.27. The summed E-state index contributed by atoms with van der Waals surface area (Å²) in [5, 5.41) is 1.14. The maximum Gasteiger partial charge on any atom is 0.134 e. The van der Waals surface area contributed by atoms with Gasteiger partial charge in [-0.2, -0.15) is 0 Å². The van der Waals surface area contributed by atoms with Gasteiger partial charge in [0, 0.05) is 21.6 Å². The van der Waals surface area contributed by atoms with Crippen LogP contribution in [0.1, 0.15) is 34.0 Å². The second kappa shape index (κ2) is 5.43. The summed E-state index contributed by atoms with van der Waals surface area (Å²) < 4.78 is 5.87. The number of hydrogen-bond donors (Lipinski definition) is 1. The van der Waals surface area contributed by atoms with Crippen molar-refractivity contribution in [3.63, 3.8) is 0 Å². The topological polar surface area (TPSA) is 39.2 Å². The summed E-state index contributed by atoms with van der Waals surface area (Å²) in [5.74, 6) is 0.872. The van der Waals surface area contributed by atoms with E-state index in [4.69, 9.17) is 10.2 Å². The second-order valence-corrected chi connectivity index (χ2v) is 6.48. The lowest BCUT2D eigenvalue weighted by molar-refractivity contribution is 0.495. The van der Waals surface area contributed by atoms with Gasteiger partial charge in [-0.05, 0) is 43.7 Å². The van der Waals surface area contributed by atoms with Crippen molar-refractivity contribution in [3.05, 3.63) is 57.5 Å². The third kappa shape index (κ3) is 2.65. The maximum absolute atomic E-state index is 6.29. The molecule has 0 bridgehead atoms. The summed E-state index contributed by atoms with van der Waals surface area (Å²) in [4.78, 5) is 2.73. The summed E-state index contributed by atoms with van der Waals surface area (Å²) in [6.45, 7) is 4.26. The molecule has 0 saturated heterocycles. The number of nitrogens with two attached hydrogens (primary N) is 1.